The van der Waals surface area contributed by atoms with E-state index in [0.717, 1.165) is 61.8 Å². The van der Waals surface area contributed by atoms with Crippen molar-refractivity contribution < 1.29 is 18.5 Å². The number of likely N-dealkylation sites (tertiary alicyclic amines) is 1. The van der Waals surface area contributed by atoms with Gasteiger partial charge in [-0.25, -0.2) is 4.79 Å². The van der Waals surface area contributed by atoms with Gasteiger partial charge in [0.1, 0.15) is 11.3 Å². The van der Waals surface area contributed by atoms with Crippen molar-refractivity contribution in [2.75, 3.05) is 6.54 Å². The van der Waals surface area contributed by atoms with E-state index in [2.05, 4.69) is 13.0 Å². The van der Waals surface area contributed by atoms with E-state index in [1.165, 1.54) is 0 Å². The Morgan fingerprint density at radius 3 is 2.84 bits per heavy atom. The van der Waals surface area contributed by atoms with Crippen molar-refractivity contribution in [2.45, 2.75) is 64.5 Å². The van der Waals surface area contributed by atoms with E-state index in [4.69, 9.17) is 4.42 Å². The molecule has 1 fully saturated rings. The summed E-state index contributed by atoms with van der Waals surface area (Å²) < 4.78 is 6.16. The van der Waals surface area contributed by atoms with E-state index in [0.29, 0.717) is 10.9 Å². The minimum absolute atomic E-state index is 0.189. The van der Waals surface area contributed by atoms with Crippen LogP contribution in [0.1, 0.15) is 51.7 Å². The lowest BCUT2D eigenvalue weighted by atomic mass is 9.99. The average molecular weight is 342 g/mol. The zero-order chi connectivity index (χ0) is 17.9. The lowest BCUT2D eigenvalue weighted by Gasteiger charge is -2.38. The minimum atomic E-state index is -0.189. The molecule has 2 heterocycles. The Morgan fingerprint density at radius 1 is 1.40 bits per heavy atom. The molecule has 0 radical (unpaired) electrons. The number of aryl methyl sites for hydroxylation is 1. The third kappa shape index (κ3) is 3.40. The number of carbonyl (C=O) groups excluding carboxylic acids is 2. The molecule has 1 saturated heterocycles. The van der Waals surface area contributed by atoms with Crippen LogP contribution in [-0.2, 0) is 16.0 Å². The van der Waals surface area contributed by atoms with Gasteiger partial charge >= 0.3 is 6.41 Å². The molecule has 0 aliphatic carbocycles. The number of hydrogen-bond acceptors (Lipinski definition) is 3. The van der Waals surface area contributed by atoms with Crippen LogP contribution in [0, 0.1) is 0 Å². The standard InChI is InChI=1S/C21H28NO3/c1-3-19(22(15-23)13-7-8-16(22)2)20(24)11-6-10-18-14-17-9-4-5-12-21(17)25-18/h4-5,9,12,14-16,19H,3,6-8,10-11,13H2,1-2H3/q+1/t16-,19?,22?/m1/s1. The van der Waals surface area contributed by atoms with Crippen LogP contribution in [0.25, 0.3) is 11.0 Å². The van der Waals surface area contributed by atoms with Crippen molar-refractivity contribution in [1.82, 2.24) is 0 Å². The van der Waals surface area contributed by atoms with Crippen LogP contribution < -0.4 is 0 Å². The maximum atomic E-state index is 12.8. The number of hydrogen-bond donors (Lipinski definition) is 0. The fourth-order valence-electron chi connectivity index (χ4n) is 4.41. The molecule has 3 rings (SSSR count). The first-order chi connectivity index (χ1) is 12.1. The van der Waals surface area contributed by atoms with Crippen LogP contribution >= 0.6 is 0 Å². The summed E-state index contributed by atoms with van der Waals surface area (Å²) in [5.41, 5.74) is 0.895. The number of amides is 1. The molecule has 134 valence electrons. The number of furan rings is 1. The van der Waals surface area contributed by atoms with Crippen molar-refractivity contribution in [2.24, 2.45) is 0 Å². The van der Waals surface area contributed by atoms with Gasteiger partial charge < -0.3 is 4.42 Å². The predicted molar refractivity (Wildman–Crippen MR) is 98.1 cm³/mol. The summed E-state index contributed by atoms with van der Waals surface area (Å²) in [6.45, 7) is 4.93. The molecule has 2 unspecified atom stereocenters. The molecule has 1 aromatic carbocycles. The fraction of sp³-hybridized carbons (Fsp3) is 0.524. The van der Waals surface area contributed by atoms with Gasteiger partial charge in [-0.2, -0.15) is 0 Å². The zero-order valence-electron chi connectivity index (χ0n) is 15.2. The highest BCUT2D eigenvalue weighted by Gasteiger charge is 2.47. The molecule has 1 aliphatic rings. The molecule has 25 heavy (non-hydrogen) atoms. The summed E-state index contributed by atoms with van der Waals surface area (Å²) in [5.74, 6) is 1.15. The average Bonchev–Trinajstić information content (AvgIpc) is 3.19. The summed E-state index contributed by atoms with van der Waals surface area (Å²) in [4.78, 5) is 24.7. The van der Waals surface area contributed by atoms with Crippen LogP contribution in [0.2, 0.25) is 0 Å². The Hall–Kier alpha value is -1.94. The number of quaternary nitrogens is 1. The van der Waals surface area contributed by atoms with E-state index in [9.17, 15) is 9.59 Å². The van der Waals surface area contributed by atoms with E-state index < -0.39 is 0 Å². The first-order valence-corrected chi connectivity index (χ1v) is 9.44. The van der Waals surface area contributed by atoms with Gasteiger partial charge in [0.2, 0.25) is 0 Å². The van der Waals surface area contributed by atoms with Crippen LogP contribution in [0.15, 0.2) is 34.7 Å². The highest BCUT2D eigenvalue weighted by atomic mass is 16.3. The lowest BCUT2D eigenvalue weighted by molar-refractivity contribution is -0.871. The largest absolute Gasteiger partial charge is 0.461 e. The molecule has 2 aromatic rings. The smallest absolute Gasteiger partial charge is 0.302 e. The van der Waals surface area contributed by atoms with Crippen LogP contribution in [0.5, 0.6) is 0 Å². The number of fused-ring (bicyclic) bond motifs is 1. The van der Waals surface area contributed by atoms with Gasteiger partial charge in [0.15, 0.2) is 11.8 Å². The first-order valence-electron chi connectivity index (χ1n) is 9.44. The molecule has 3 atom stereocenters. The first kappa shape index (κ1) is 17.9. The van der Waals surface area contributed by atoms with Crippen LogP contribution in [-0.4, -0.2) is 35.3 Å². The van der Waals surface area contributed by atoms with Gasteiger partial charge in [-0.1, -0.05) is 25.1 Å². The number of Topliss-reactive ketones (excluding diaryl/α,β-unsaturated/α-hetero) is 1. The monoisotopic (exact) mass is 342 g/mol. The van der Waals surface area contributed by atoms with Crippen molar-refractivity contribution in [3.63, 3.8) is 0 Å². The molecule has 0 spiro atoms. The summed E-state index contributed by atoms with van der Waals surface area (Å²) in [6.07, 6.45) is 5.85. The number of rotatable bonds is 8. The quantitative estimate of drug-likeness (QED) is 0.532. The van der Waals surface area contributed by atoms with Gasteiger partial charge in [0, 0.05) is 37.5 Å². The van der Waals surface area contributed by atoms with Gasteiger partial charge in [-0.15, -0.1) is 0 Å². The second-order valence-electron chi connectivity index (χ2n) is 7.31. The Kier molecular flexibility index (Phi) is 5.38. The van der Waals surface area contributed by atoms with Crippen molar-refractivity contribution in [3.8, 4) is 0 Å². The minimum Gasteiger partial charge on any atom is -0.461 e. The second-order valence-corrected chi connectivity index (χ2v) is 7.31. The Bertz CT molecular complexity index is 717. The summed E-state index contributed by atoms with van der Waals surface area (Å²) >= 11 is 0. The van der Waals surface area contributed by atoms with Gasteiger partial charge in [0.25, 0.3) is 0 Å². The molecule has 0 saturated carbocycles. The topological polar surface area (TPSA) is 47.3 Å². The molecular formula is C21H28NO3+. The SMILES string of the molecule is CCC(C(=O)CCCc1cc2ccccc2o1)[N+]1(C=O)CCC[C@H]1C. The van der Waals surface area contributed by atoms with Gasteiger partial charge in [-0.05, 0) is 25.5 Å². The molecule has 4 heteroatoms. The highest BCUT2D eigenvalue weighted by molar-refractivity contribution is 5.84. The molecular weight excluding hydrogens is 314 g/mol. The molecule has 0 bridgehead atoms. The Labute approximate surface area is 149 Å². The third-order valence-corrected chi connectivity index (χ3v) is 5.85. The molecule has 1 aliphatic heterocycles. The predicted octanol–water partition coefficient (Wildman–Crippen LogP) is 4.26. The van der Waals surface area contributed by atoms with Crippen LogP contribution in [0.3, 0.4) is 0 Å². The van der Waals surface area contributed by atoms with Crippen molar-refractivity contribution in [1.29, 1.82) is 0 Å². The van der Waals surface area contributed by atoms with Crippen LogP contribution in [0.4, 0.5) is 0 Å². The van der Waals surface area contributed by atoms with Crippen molar-refractivity contribution >= 4 is 23.2 Å². The number of carbonyl (C=O) groups is 2. The van der Waals surface area contributed by atoms with Gasteiger partial charge in [-0.3, -0.25) is 9.28 Å². The Morgan fingerprint density at radius 2 is 2.20 bits per heavy atom. The number of nitrogens with zero attached hydrogens (tertiary/aromatic N) is 1. The van der Waals surface area contributed by atoms with Crippen molar-refractivity contribution in [3.05, 3.63) is 36.1 Å². The van der Waals surface area contributed by atoms with E-state index in [1.54, 1.807) is 0 Å². The van der Waals surface area contributed by atoms with E-state index in [-0.39, 0.29) is 17.9 Å². The maximum Gasteiger partial charge on any atom is 0.302 e. The second kappa shape index (κ2) is 7.52. The normalized spacial score (nSPS) is 24.5. The number of para-hydroxylation sites is 1. The molecule has 1 aromatic heterocycles. The fourth-order valence-corrected chi connectivity index (χ4v) is 4.41. The maximum absolute atomic E-state index is 12.8. The summed E-state index contributed by atoms with van der Waals surface area (Å²) in [6, 6.07) is 10.1. The summed E-state index contributed by atoms with van der Waals surface area (Å²) in [5, 5.41) is 1.10. The number of ketones is 1. The molecule has 0 N–H and O–H groups in total. The van der Waals surface area contributed by atoms with E-state index in [1.807, 2.05) is 31.2 Å². The number of benzene rings is 1. The molecule has 1 amide bonds. The van der Waals surface area contributed by atoms with Gasteiger partial charge in [0.05, 0.1) is 12.6 Å². The highest BCUT2D eigenvalue weighted by Crippen LogP contribution is 2.31. The Balaban J connectivity index is 1.61. The summed E-state index contributed by atoms with van der Waals surface area (Å²) in [7, 11) is 0. The molecule has 4 nitrogen and oxygen atoms in total. The third-order valence-electron chi connectivity index (χ3n) is 5.85. The zero-order valence-corrected chi connectivity index (χ0v) is 15.2. The van der Waals surface area contributed by atoms with E-state index >= 15 is 0 Å². The lowest BCUT2D eigenvalue weighted by Crippen LogP contribution is -2.59.